The van der Waals surface area contributed by atoms with Gasteiger partial charge in [0.2, 0.25) is 5.91 Å². The summed E-state index contributed by atoms with van der Waals surface area (Å²) in [6.45, 7) is 7.77. The summed E-state index contributed by atoms with van der Waals surface area (Å²) in [5.74, 6) is 1.29. The third-order valence-corrected chi connectivity index (χ3v) is 5.01. The number of nitrogens with one attached hydrogen (secondary N) is 1. The Hall–Kier alpha value is -2.06. The van der Waals surface area contributed by atoms with Gasteiger partial charge in [-0.15, -0.1) is 0 Å². The summed E-state index contributed by atoms with van der Waals surface area (Å²) in [7, 11) is 1.66. The molecule has 1 aliphatic heterocycles. The van der Waals surface area contributed by atoms with Gasteiger partial charge in [-0.05, 0) is 49.4 Å². The van der Waals surface area contributed by atoms with Crippen LogP contribution in [0.3, 0.4) is 0 Å². The lowest BCUT2D eigenvalue weighted by atomic mass is 9.90. The van der Waals surface area contributed by atoms with Crippen molar-refractivity contribution in [2.45, 2.75) is 38.6 Å². The van der Waals surface area contributed by atoms with Crippen LogP contribution in [0.1, 0.15) is 38.7 Å². The fourth-order valence-corrected chi connectivity index (χ4v) is 2.96. The van der Waals surface area contributed by atoms with Crippen molar-refractivity contribution in [3.8, 4) is 11.8 Å². The van der Waals surface area contributed by atoms with Gasteiger partial charge in [0, 0.05) is 6.54 Å². The number of likely N-dealkylation sites (tertiary alicyclic amines) is 1. The van der Waals surface area contributed by atoms with Gasteiger partial charge in [-0.25, -0.2) is 0 Å². The third-order valence-electron chi connectivity index (χ3n) is 5.01. The van der Waals surface area contributed by atoms with E-state index in [0.717, 1.165) is 25.3 Å². The summed E-state index contributed by atoms with van der Waals surface area (Å²) in [5.41, 5.74) is 0.467. The maximum absolute atomic E-state index is 12.3. The van der Waals surface area contributed by atoms with Crippen LogP contribution in [-0.2, 0) is 4.79 Å². The predicted molar refractivity (Wildman–Crippen MR) is 93.8 cm³/mol. The van der Waals surface area contributed by atoms with Gasteiger partial charge in [0.05, 0.1) is 19.7 Å². The lowest BCUT2D eigenvalue weighted by Crippen LogP contribution is -2.51. The van der Waals surface area contributed by atoms with Crippen LogP contribution in [0.2, 0.25) is 0 Å². The number of nitrogens with zero attached hydrogens (tertiary/aromatic N) is 2. The molecule has 1 amide bonds. The van der Waals surface area contributed by atoms with Crippen LogP contribution in [0.15, 0.2) is 24.3 Å². The molecular formula is C19H27N3O2. The van der Waals surface area contributed by atoms with Gasteiger partial charge in [0.25, 0.3) is 0 Å². The number of hydrogen-bond donors (Lipinski definition) is 1. The maximum atomic E-state index is 12.3. The Kier molecular flexibility index (Phi) is 5.84. The highest BCUT2D eigenvalue weighted by Crippen LogP contribution is 2.28. The molecule has 1 heterocycles. The number of carbonyl (C=O) groups excluding carboxylic acids is 1. The average Bonchev–Trinajstić information content (AvgIpc) is 3.02. The van der Waals surface area contributed by atoms with E-state index in [1.807, 2.05) is 26.0 Å². The largest absolute Gasteiger partial charge is 0.497 e. The highest BCUT2D eigenvalue weighted by Gasteiger charge is 2.31. The smallest absolute Gasteiger partial charge is 0.235 e. The van der Waals surface area contributed by atoms with Gasteiger partial charge >= 0.3 is 0 Å². The molecule has 1 saturated heterocycles. The van der Waals surface area contributed by atoms with Gasteiger partial charge < -0.3 is 10.1 Å². The Morgan fingerprint density at radius 1 is 1.46 bits per heavy atom. The van der Waals surface area contributed by atoms with Crippen LogP contribution in [0.25, 0.3) is 0 Å². The molecule has 1 fully saturated rings. The van der Waals surface area contributed by atoms with Crippen molar-refractivity contribution in [3.05, 3.63) is 29.8 Å². The summed E-state index contributed by atoms with van der Waals surface area (Å²) < 4.78 is 5.19. The molecule has 0 aliphatic carbocycles. The number of benzene rings is 1. The molecule has 0 bridgehead atoms. The number of hydrogen-bond acceptors (Lipinski definition) is 4. The molecule has 0 saturated carbocycles. The fourth-order valence-electron chi connectivity index (χ4n) is 2.96. The average molecular weight is 329 g/mol. The summed E-state index contributed by atoms with van der Waals surface area (Å²) in [6, 6.07) is 10.4. The van der Waals surface area contributed by atoms with E-state index in [4.69, 9.17) is 4.74 Å². The Balaban J connectivity index is 1.89. The minimum atomic E-state index is -0.813. The Morgan fingerprint density at radius 2 is 2.12 bits per heavy atom. The maximum Gasteiger partial charge on any atom is 0.235 e. The minimum Gasteiger partial charge on any atom is -0.497 e. The van der Waals surface area contributed by atoms with Crippen LogP contribution < -0.4 is 10.1 Å². The Bertz CT molecular complexity index is 606. The zero-order valence-electron chi connectivity index (χ0n) is 15.0. The van der Waals surface area contributed by atoms with E-state index in [9.17, 15) is 10.1 Å². The van der Waals surface area contributed by atoms with Crippen molar-refractivity contribution in [3.63, 3.8) is 0 Å². The second-order valence-corrected chi connectivity index (χ2v) is 7.01. The first-order valence-corrected chi connectivity index (χ1v) is 8.46. The molecule has 0 radical (unpaired) electrons. The molecular weight excluding hydrogens is 302 g/mol. The Morgan fingerprint density at radius 3 is 2.67 bits per heavy atom. The lowest BCUT2D eigenvalue weighted by molar-refractivity contribution is -0.123. The van der Waals surface area contributed by atoms with Crippen LogP contribution in [0.5, 0.6) is 5.75 Å². The van der Waals surface area contributed by atoms with Crippen molar-refractivity contribution in [1.29, 1.82) is 5.26 Å². The van der Waals surface area contributed by atoms with Crippen LogP contribution >= 0.6 is 0 Å². The van der Waals surface area contributed by atoms with Crippen molar-refractivity contribution in [1.82, 2.24) is 10.2 Å². The first-order valence-electron chi connectivity index (χ1n) is 8.46. The molecule has 2 rings (SSSR count). The first-order chi connectivity index (χ1) is 11.4. The highest BCUT2D eigenvalue weighted by molar-refractivity contribution is 5.79. The molecule has 1 N–H and O–H groups in total. The number of rotatable bonds is 6. The summed E-state index contributed by atoms with van der Waals surface area (Å²) >= 11 is 0. The second-order valence-electron chi connectivity index (χ2n) is 7.01. The Labute approximate surface area is 144 Å². The zero-order chi connectivity index (χ0) is 17.7. The highest BCUT2D eigenvalue weighted by atomic mass is 16.5. The minimum absolute atomic E-state index is 0.0667. The van der Waals surface area contributed by atoms with E-state index >= 15 is 0 Å². The SMILES string of the molecule is COc1ccc([C@H]2CCN(CC(=O)N[C@](C)(C#N)C(C)C)C2)cc1. The van der Waals surface area contributed by atoms with E-state index in [1.165, 1.54) is 5.56 Å². The first kappa shape index (κ1) is 18.3. The summed E-state index contributed by atoms with van der Waals surface area (Å²) in [4.78, 5) is 14.4. The lowest BCUT2D eigenvalue weighted by Gasteiger charge is -2.28. The molecule has 1 aliphatic rings. The fraction of sp³-hybridized carbons (Fsp3) is 0.579. The van der Waals surface area contributed by atoms with E-state index in [2.05, 4.69) is 28.4 Å². The molecule has 0 spiro atoms. The van der Waals surface area contributed by atoms with E-state index in [1.54, 1.807) is 14.0 Å². The molecule has 0 unspecified atom stereocenters. The molecule has 130 valence electrons. The summed E-state index contributed by atoms with van der Waals surface area (Å²) in [5, 5.41) is 12.2. The quantitative estimate of drug-likeness (QED) is 0.871. The predicted octanol–water partition coefficient (Wildman–Crippen LogP) is 2.54. The number of nitriles is 1. The van der Waals surface area contributed by atoms with Crippen molar-refractivity contribution < 1.29 is 9.53 Å². The second kappa shape index (κ2) is 7.67. The number of amides is 1. The van der Waals surface area contributed by atoms with Gasteiger partial charge in [-0.3, -0.25) is 9.69 Å². The molecule has 5 heteroatoms. The van der Waals surface area contributed by atoms with Gasteiger partial charge in [-0.2, -0.15) is 5.26 Å². The summed E-state index contributed by atoms with van der Waals surface area (Å²) in [6.07, 6.45) is 1.04. The van der Waals surface area contributed by atoms with Crippen molar-refractivity contribution >= 4 is 5.91 Å². The normalized spacial score (nSPS) is 20.4. The molecule has 24 heavy (non-hydrogen) atoms. The molecule has 2 atom stereocenters. The zero-order valence-corrected chi connectivity index (χ0v) is 15.0. The monoisotopic (exact) mass is 329 g/mol. The van der Waals surface area contributed by atoms with Gasteiger partial charge in [0.1, 0.15) is 11.3 Å². The molecule has 5 nitrogen and oxygen atoms in total. The van der Waals surface area contributed by atoms with Gasteiger partial charge in [0.15, 0.2) is 0 Å². The van der Waals surface area contributed by atoms with E-state index < -0.39 is 5.54 Å². The number of methoxy groups -OCH3 is 1. The van der Waals surface area contributed by atoms with Crippen LogP contribution in [0.4, 0.5) is 0 Å². The molecule has 1 aromatic rings. The van der Waals surface area contributed by atoms with E-state index in [0.29, 0.717) is 12.5 Å². The van der Waals surface area contributed by atoms with Crippen molar-refractivity contribution in [2.24, 2.45) is 5.92 Å². The van der Waals surface area contributed by atoms with Crippen molar-refractivity contribution in [2.75, 3.05) is 26.7 Å². The number of ether oxygens (including phenoxy) is 1. The van der Waals surface area contributed by atoms with E-state index in [-0.39, 0.29) is 11.8 Å². The third kappa shape index (κ3) is 4.27. The van der Waals surface area contributed by atoms with Crippen LogP contribution in [0, 0.1) is 17.2 Å². The topological polar surface area (TPSA) is 65.4 Å². The van der Waals surface area contributed by atoms with Crippen LogP contribution in [-0.4, -0.2) is 43.1 Å². The van der Waals surface area contributed by atoms with Gasteiger partial charge in [-0.1, -0.05) is 26.0 Å². The number of carbonyl (C=O) groups is 1. The molecule has 1 aromatic carbocycles. The standard InChI is InChI=1S/C19H27N3O2/c1-14(2)19(3,13-20)21-18(23)12-22-10-9-16(11-22)15-5-7-17(24-4)8-6-15/h5-8,14,16H,9-12H2,1-4H3,(H,21,23)/t16-,19+/m0/s1. The molecule has 0 aromatic heterocycles.